The van der Waals surface area contributed by atoms with Gasteiger partial charge in [-0.25, -0.2) is 9.78 Å². The Balaban J connectivity index is 1.83. The van der Waals surface area contributed by atoms with Crippen LogP contribution in [0, 0.1) is 0 Å². The van der Waals surface area contributed by atoms with Crippen LogP contribution < -0.4 is 4.87 Å². The maximum Gasteiger partial charge on any atom is 0.355 e. The van der Waals surface area contributed by atoms with Gasteiger partial charge in [-0.2, -0.15) is 0 Å². The summed E-state index contributed by atoms with van der Waals surface area (Å²) in [5.41, 5.74) is 1.14. The highest BCUT2D eigenvalue weighted by atomic mass is 32.1. The average Bonchev–Trinajstić information content (AvgIpc) is 3.07. The molecule has 0 radical (unpaired) electrons. The van der Waals surface area contributed by atoms with Gasteiger partial charge >= 0.3 is 10.8 Å². The molecule has 0 saturated heterocycles. The van der Waals surface area contributed by atoms with Crippen molar-refractivity contribution in [2.75, 3.05) is 6.61 Å². The van der Waals surface area contributed by atoms with Crippen LogP contribution in [0.4, 0.5) is 0 Å². The van der Waals surface area contributed by atoms with Crippen molar-refractivity contribution in [1.29, 1.82) is 0 Å². The van der Waals surface area contributed by atoms with Crippen molar-refractivity contribution >= 4 is 28.6 Å². The van der Waals surface area contributed by atoms with E-state index in [1.807, 2.05) is 5.38 Å². The molecule has 0 aliphatic heterocycles. The molecule has 0 bridgehead atoms. The van der Waals surface area contributed by atoms with Gasteiger partial charge in [-0.05, 0) is 19.8 Å². The van der Waals surface area contributed by atoms with Gasteiger partial charge < -0.3 is 4.74 Å². The van der Waals surface area contributed by atoms with E-state index < -0.39 is 5.97 Å². The fourth-order valence-corrected chi connectivity index (χ4v) is 3.63. The van der Waals surface area contributed by atoms with Crippen LogP contribution in [0.5, 0.6) is 0 Å². The summed E-state index contributed by atoms with van der Waals surface area (Å²) in [7, 11) is 0. The normalized spacial score (nSPS) is 14.4. The first-order chi connectivity index (χ1) is 9.69. The third-order valence-corrected chi connectivity index (χ3v) is 4.90. The Bertz CT molecular complexity index is 682. The molecule has 0 spiro atoms. The van der Waals surface area contributed by atoms with Crippen molar-refractivity contribution in [1.82, 2.24) is 9.55 Å². The molecule has 5 nitrogen and oxygen atoms in total. The lowest BCUT2D eigenvalue weighted by Gasteiger charge is -2.05. The highest BCUT2D eigenvalue weighted by Crippen LogP contribution is 2.41. The van der Waals surface area contributed by atoms with Crippen LogP contribution in [-0.4, -0.2) is 22.1 Å². The Kier molecular flexibility index (Phi) is 3.71. The average molecular weight is 310 g/mol. The summed E-state index contributed by atoms with van der Waals surface area (Å²) < 4.78 is 6.40. The molecule has 0 amide bonds. The Morgan fingerprint density at radius 1 is 1.45 bits per heavy atom. The van der Waals surface area contributed by atoms with Crippen LogP contribution in [0.25, 0.3) is 0 Å². The molecule has 1 aliphatic rings. The number of hydrogen-bond acceptors (Lipinski definition) is 6. The SMILES string of the molecule is CCOC(=O)c1csc(=O)n1Cc1csc(C2CC2)n1. The van der Waals surface area contributed by atoms with Gasteiger partial charge in [-0.1, -0.05) is 11.3 Å². The second kappa shape index (κ2) is 5.49. The predicted molar refractivity (Wildman–Crippen MR) is 77.7 cm³/mol. The summed E-state index contributed by atoms with van der Waals surface area (Å²) in [4.78, 5) is 28.0. The number of esters is 1. The van der Waals surface area contributed by atoms with E-state index in [1.54, 1.807) is 23.6 Å². The molecule has 0 atom stereocenters. The maximum atomic E-state index is 11.9. The monoisotopic (exact) mass is 310 g/mol. The number of nitrogens with zero attached hydrogens (tertiary/aromatic N) is 2. The van der Waals surface area contributed by atoms with E-state index in [-0.39, 0.29) is 4.87 Å². The van der Waals surface area contributed by atoms with Crippen molar-refractivity contribution in [3.8, 4) is 0 Å². The van der Waals surface area contributed by atoms with Gasteiger partial charge in [-0.3, -0.25) is 9.36 Å². The second-order valence-corrected chi connectivity index (χ2v) is 6.36. The molecule has 2 aromatic heterocycles. The fraction of sp³-hybridized carbons (Fsp3) is 0.462. The molecule has 1 fully saturated rings. The molecule has 1 aliphatic carbocycles. The van der Waals surface area contributed by atoms with Crippen molar-refractivity contribution in [2.24, 2.45) is 0 Å². The van der Waals surface area contributed by atoms with E-state index in [1.165, 1.54) is 17.4 Å². The van der Waals surface area contributed by atoms with Gasteiger partial charge in [0.05, 0.1) is 23.9 Å². The largest absolute Gasteiger partial charge is 0.461 e. The molecule has 1 saturated carbocycles. The van der Waals surface area contributed by atoms with Crippen molar-refractivity contribution in [3.05, 3.63) is 36.8 Å². The quantitative estimate of drug-likeness (QED) is 0.796. The van der Waals surface area contributed by atoms with Gasteiger partial charge in [-0.15, -0.1) is 11.3 Å². The Labute approximate surface area is 123 Å². The van der Waals surface area contributed by atoms with Crippen LogP contribution in [0.15, 0.2) is 15.6 Å². The number of thiazole rings is 2. The zero-order valence-electron chi connectivity index (χ0n) is 11.0. The number of ether oxygens (including phenoxy) is 1. The minimum Gasteiger partial charge on any atom is -0.461 e. The number of rotatable bonds is 5. The van der Waals surface area contributed by atoms with Crippen LogP contribution in [0.2, 0.25) is 0 Å². The van der Waals surface area contributed by atoms with Crippen molar-refractivity contribution in [2.45, 2.75) is 32.2 Å². The van der Waals surface area contributed by atoms with Crippen LogP contribution in [-0.2, 0) is 11.3 Å². The lowest BCUT2D eigenvalue weighted by molar-refractivity contribution is 0.0514. The summed E-state index contributed by atoms with van der Waals surface area (Å²) in [6, 6.07) is 0. The van der Waals surface area contributed by atoms with Gasteiger partial charge in [0, 0.05) is 16.7 Å². The summed E-state index contributed by atoms with van der Waals surface area (Å²) in [5.74, 6) is 0.154. The Morgan fingerprint density at radius 2 is 2.25 bits per heavy atom. The minimum atomic E-state index is -0.455. The lowest BCUT2D eigenvalue weighted by atomic mass is 10.4. The topological polar surface area (TPSA) is 61.2 Å². The maximum absolute atomic E-state index is 11.9. The van der Waals surface area contributed by atoms with Crippen LogP contribution in [0.1, 0.15) is 46.9 Å². The number of aromatic nitrogens is 2. The first-order valence-corrected chi connectivity index (χ1v) is 8.24. The van der Waals surface area contributed by atoms with Gasteiger partial charge in [0.15, 0.2) is 0 Å². The zero-order chi connectivity index (χ0) is 14.1. The fourth-order valence-electron chi connectivity index (χ4n) is 1.92. The van der Waals surface area contributed by atoms with E-state index >= 15 is 0 Å². The molecule has 106 valence electrons. The minimum absolute atomic E-state index is 0.158. The zero-order valence-corrected chi connectivity index (χ0v) is 12.6. The standard InChI is InChI=1S/C13H14N2O3S2/c1-2-18-12(16)10-7-20-13(17)15(10)5-9-6-19-11(14-9)8-3-4-8/h6-8H,2-5H2,1H3. The summed E-state index contributed by atoms with van der Waals surface area (Å²) in [5, 5.41) is 4.65. The molecule has 2 heterocycles. The van der Waals surface area contributed by atoms with Crippen LogP contribution >= 0.6 is 22.7 Å². The van der Waals surface area contributed by atoms with E-state index in [0.717, 1.165) is 22.0 Å². The van der Waals surface area contributed by atoms with E-state index in [0.29, 0.717) is 24.8 Å². The Morgan fingerprint density at radius 3 is 2.95 bits per heavy atom. The third-order valence-electron chi connectivity index (χ3n) is 3.08. The summed E-state index contributed by atoms with van der Waals surface area (Å²) >= 11 is 2.65. The van der Waals surface area contributed by atoms with Crippen molar-refractivity contribution in [3.63, 3.8) is 0 Å². The third kappa shape index (κ3) is 2.69. The number of hydrogen-bond donors (Lipinski definition) is 0. The first kappa shape index (κ1) is 13.5. The summed E-state index contributed by atoms with van der Waals surface area (Å²) in [6.45, 7) is 2.38. The van der Waals surface area contributed by atoms with Gasteiger partial charge in [0.1, 0.15) is 5.69 Å². The van der Waals surface area contributed by atoms with E-state index in [9.17, 15) is 9.59 Å². The lowest BCUT2D eigenvalue weighted by Crippen LogP contribution is -2.21. The molecule has 20 heavy (non-hydrogen) atoms. The molecule has 2 aromatic rings. The molecular formula is C13H14N2O3S2. The first-order valence-electron chi connectivity index (χ1n) is 6.48. The Hall–Kier alpha value is -1.47. The smallest absolute Gasteiger partial charge is 0.355 e. The van der Waals surface area contributed by atoms with Crippen molar-refractivity contribution < 1.29 is 9.53 Å². The number of carbonyl (C=O) groups excluding carboxylic acids is 1. The molecule has 3 rings (SSSR count). The van der Waals surface area contributed by atoms with E-state index in [2.05, 4.69) is 4.98 Å². The number of carbonyl (C=O) groups is 1. The second-order valence-electron chi connectivity index (χ2n) is 4.64. The molecular weight excluding hydrogens is 296 g/mol. The molecule has 7 heteroatoms. The van der Waals surface area contributed by atoms with E-state index in [4.69, 9.17) is 4.74 Å². The van der Waals surface area contributed by atoms with Gasteiger partial charge in [0.2, 0.25) is 0 Å². The molecule has 0 N–H and O–H groups in total. The van der Waals surface area contributed by atoms with Gasteiger partial charge in [0.25, 0.3) is 0 Å². The predicted octanol–water partition coefficient (Wildman–Crippen LogP) is 2.47. The highest BCUT2D eigenvalue weighted by Gasteiger charge is 2.27. The van der Waals surface area contributed by atoms with Crippen LogP contribution in [0.3, 0.4) is 0 Å². The summed E-state index contributed by atoms with van der Waals surface area (Å²) in [6.07, 6.45) is 2.42. The highest BCUT2D eigenvalue weighted by molar-refractivity contribution is 7.09. The molecule has 0 unspecified atom stereocenters. The molecule has 0 aromatic carbocycles.